The lowest BCUT2D eigenvalue weighted by molar-refractivity contribution is 0.101. The Morgan fingerprint density at radius 2 is 1.61 bits per heavy atom. The van der Waals surface area contributed by atoms with Gasteiger partial charge in [-0.1, -0.05) is 15.9 Å². The van der Waals surface area contributed by atoms with Crippen LogP contribution in [0.3, 0.4) is 0 Å². The van der Waals surface area contributed by atoms with Gasteiger partial charge in [0.2, 0.25) is 0 Å². The molecule has 0 aliphatic carbocycles. The third kappa shape index (κ3) is 5.22. The molecular formula is C21H14BrF4N5O2. The smallest absolute Gasteiger partial charge is 0.277 e. The number of rotatable bonds is 7. The molecule has 0 unspecified atom stereocenters. The average Bonchev–Trinajstić information content (AvgIpc) is 3.44. The first-order valence-electron chi connectivity index (χ1n) is 9.38. The summed E-state index contributed by atoms with van der Waals surface area (Å²) in [6.07, 6.45) is 2.85. The van der Waals surface area contributed by atoms with Crippen molar-refractivity contribution in [3.63, 3.8) is 0 Å². The van der Waals surface area contributed by atoms with Gasteiger partial charge in [0, 0.05) is 29.0 Å². The first-order valence-corrected chi connectivity index (χ1v) is 10.2. The largest absolute Gasteiger partial charge is 0.471 e. The lowest BCUT2D eigenvalue weighted by atomic mass is 10.2. The van der Waals surface area contributed by atoms with Gasteiger partial charge in [0.1, 0.15) is 5.75 Å². The Morgan fingerprint density at radius 1 is 0.939 bits per heavy atom. The summed E-state index contributed by atoms with van der Waals surface area (Å²) in [6, 6.07) is 10.1. The maximum absolute atomic E-state index is 13.8. The first-order chi connectivity index (χ1) is 15.8. The number of nitrogens with zero attached hydrogens (tertiary/aromatic N) is 4. The van der Waals surface area contributed by atoms with E-state index in [2.05, 4.69) is 31.4 Å². The van der Waals surface area contributed by atoms with Crippen molar-refractivity contribution >= 4 is 27.7 Å². The molecule has 4 rings (SSSR count). The van der Waals surface area contributed by atoms with E-state index in [1.807, 2.05) is 12.1 Å². The third-order valence-corrected chi connectivity index (χ3v) is 4.98. The molecular weight excluding hydrogens is 510 g/mol. The highest BCUT2D eigenvalue weighted by atomic mass is 79.9. The van der Waals surface area contributed by atoms with Gasteiger partial charge in [-0.15, -0.1) is 0 Å². The Kier molecular flexibility index (Phi) is 6.45. The highest BCUT2D eigenvalue weighted by Crippen LogP contribution is 2.21. The molecule has 0 bridgehead atoms. The second-order valence-corrected chi connectivity index (χ2v) is 7.68. The number of benzene rings is 2. The molecule has 33 heavy (non-hydrogen) atoms. The molecule has 2 aromatic heterocycles. The number of carbonyl (C=O) groups excluding carboxylic acids is 1. The quantitative estimate of drug-likeness (QED) is 0.280. The Morgan fingerprint density at radius 3 is 2.30 bits per heavy atom. The van der Waals surface area contributed by atoms with Crippen molar-refractivity contribution in [3.8, 4) is 5.75 Å². The van der Waals surface area contributed by atoms with Crippen LogP contribution in [0.15, 0.2) is 59.3 Å². The standard InChI is InChI=1S/C21H14BrF4N5O2/c22-12-1-3-13(4-2-12)33-11-31-7-5-17(28-31)21(32)27-18-6-8-30(29-18)10-14-19(25)15(23)9-16(24)20(14)26/h1-9H,10-11H2,(H,27,29,32). The lowest BCUT2D eigenvalue weighted by Crippen LogP contribution is -2.15. The fourth-order valence-electron chi connectivity index (χ4n) is 2.85. The Hall–Kier alpha value is -3.67. The molecule has 12 heteroatoms. The van der Waals surface area contributed by atoms with Gasteiger partial charge < -0.3 is 10.1 Å². The maximum Gasteiger partial charge on any atom is 0.277 e. The van der Waals surface area contributed by atoms with Crippen LogP contribution in [0.2, 0.25) is 0 Å². The molecule has 170 valence electrons. The third-order valence-electron chi connectivity index (χ3n) is 4.46. The van der Waals surface area contributed by atoms with Crippen molar-refractivity contribution in [1.82, 2.24) is 19.6 Å². The normalized spacial score (nSPS) is 10.9. The Labute approximate surface area is 192 Å². The summed E-state index contributed by atoms with van der Waals surface area (Å²) in [4.78, 5) is 12.4. The molecule has 1 amide bonds. The molecule has 0 radical (unpaired) electrons. The zero-order chi connectivity index (χ0) is 23.5. The number of carbonyl (C=O) groups is 1. The van der Waals surface area contributed by atoms with E-state index >= 15 is 0 Å². The van der Waals surface area contributed by atoms with E-state index in [-0.39, 0.29) is 24.3 Å². The van der Waals surface area contributed by atoms with Gasteiger partial charge >= 0.3 is 0 Å². The van der Waals surface area contributed by atoms with Crippen LogP contribution in [-0.4, -0.2) is 25.5 Å². The lowest BCUT2D eigenvalue weighted by Gasteiger charge is -2.07. The van der Waals surface area contributed by atoms with Crippen molar-refractivity contribution in [2.24, 2.45) is 0 Å². The summed E-state index contributed by atoms with van der Waals surface area (Å²) in [5.41, 5.74) is -0.744. The van der Waals surface area contributed by atoms with E-state index in [9.17, 15) is 22.4 Å². The van der Waals surface area contributed by atoms with Crippen LogP contribution in [0.1, 0.15) is 16.1 Å². The van der Waals surface area contributed by atoms with Gasteiger partial charge in [-0.05, 0) is 30.3 Å². The van der Waals surface area contributed by atoms with Crippen LogP contribution < -0.4 is 10.1 Å². The molecule has 4 aromatic rings. The second kappa shape index (κ2) is 9.45. The molecule has 0 fully saturated rings. The minimum atomic E-state index is -1.51. The number of nitrogens with one attached hydrogen (secondary N) is 1. The fraction of sp³-hybridized carbons (Fsp3) is 0.0952. The van der Waals surface area contributed by atoms with Crippen molar-refractivity contribution < 1.29 is 27.1 Å². The molecule has 0 spiro atoms. The van der Waals surface area contributed by atoms with E-state index in [1.165, 1.54) is 23.0 Å². The Bertz CT molecular complexity index is 1280. The summed E-state index contributed by atoms with van der Waals surface area (Å²) in [7, 11) is 0. The SMILES string of the molecule is O=C(Nc1ccn(Cc2c(F)c(F)cc(F)c2F)n1)c1ccn(COc2ccc(Br)cc2)n1. The predicted molar refractivity (Wildman–Crippen MR) is 113 cm³/mol. The van der Waals surface area contributed by atoms with E-state index in [4.69, 9.17) is 4.74 Å². The number of anilines is 1. The van der Waals surface area contributed by atoms with Gasteiger partial charge in [-0.2, -0.15) is 10.2 Å². The second-order valence-electron chi connectivity index (χ2n) is 6.77. The topological polar surface area (TPSA) is 74.0 Å². The molecule has 1 N–H and O–H groups in total. The summed E-state index contributed by atoms with van der Waals surface area (Å²) in [6.45, 7) is -0.505. The van der Waals surface area contributed by atoms with Crippen molar-refractivity contribution in [1.29, 1.82) is 0 Å². The van der Waals surface area contributed by atoms with Crippen LogP contribution in [-0.2, 0) is 13.3 Å². The average molecular weight is 524 g/mol. The summed E-state index contributed by atoms with van der Waals surface area (Å²) < 4.78 is 63.3. The van der Waals surface area contributed by atoms with Gasteiger partial charge in [-0.25, -0.2) is 22.2 Å². The van der Waals surface area contributed by atoms with E-state index in [0.717, 1.165) is 9.15 Å². The maximum atomic E-state index is 13.8. The van der Waals surface area contributed by atoms with Crippen molar-refractivity contribution in [3.05, 3.63) is 93.9 Å². The molecule has 0 saturated heterocycles. The first kappa shape index (κ1) is 22.5. The predicted octanol–water partition coefficient (Wildman–Crippen LogP) is 4.74. The van der Waals surface area contributed by atoms with E-state index in [0.29, 0.717) is 5.75 Å². The van der Waals surface area contributed by atoms with Crippen LogP contribution in [0.25, 0.3) is 0 Å². The van der Waals surface area contributed by atoms with Crippen LogP contribution in [0, 0.1) is 23.3 Å². The number of halogens is 5. The molecule has 0 aliphatic rings. The number of ether oxygens (including phenoxy) is 1. The minimum absolute atomic E-state index is 0.0540. The molecule has 0 atom stereocenters. The van der Waals surface area contributed by atoms with Crippen molar-refractivity contribution in [2.75, 3.05) is 5.32 Å². The molecule has 7 nitrogen and oxygen atoms in total. The Balaban J connectivity index is 1.38. The van der Waals surface area contributed by atoms with Crippen molar-refractivity contribution in [2.45, 2.75) is 13.3 Å². The van der Waals surface area contributed by atoms with Gasteiger partial charge in [0.15, 0.2) is 41.5 Å². The van der Waals surface area contributed by atoms with Gasteiger partial charge in [-0.3, -0.25) is 9.48 Å². The van der Waals surface area contributed by atoms with Gasteiger partial charge in [0.25, 0.3) is 5.91 Å². The highest BCUT2D eigenvalue weighted by Gasteiger charge is 2.20. The van der Waals surface area contributed by atoms with Gasteiger partial charge in [0.05, 0.1) is 12.1 Å². The molecule has 0 saturated carbocycles. The molecule has 2 aromatic carbocycles. The highest BCUT2D eigenvalue weighted by molar-refractivity contribution is 9.10. The summed E-state index contributed by atoms with van der Waals surface area (Å²) >= 11 is 3.33. The summed E-state index contributed by atoms with van der Waals surface area (Å²) in [5, 5.41) is 10.5. The molecule has 0 aliphatic heterocycles. The number of hydrogen-bond donors (Lipinski definition) is 1. The monoisotopic (exact) mass is 523 g/mol. The number of hydrogen-bond acceptors (Lipinski definition) is 4. The number of aromatic nitrogens is 4. The van der Waals surface area contributed by atoms with E-state index < -0.39 is 41.3 Å². The van der Waals surface area contributed by atoms with Crippen LogP contribution in [0.5, 0.6) is 5.75 Å². The summed E-state index contributed by atoms with van der Waals surface area (Å²) in [5.74, 6) is -5.95. The zero-order valence-corrected chi connectivity index (χ0v) is 18.2. The fourth-order valence-corrected chi connectivity index (χ4v) is 3.11. The van der Waals surface area contributed by atoms with E-state index in [1.54, 1.807) is 18.3 Å². The van der Waals surface area contributed by atoms with Crippen LogP contribution >= 0.6 is 15.9 Å². The molecule has 2 heterocycles. The minimum Gasteiger partial charge on any atom is -0.471 e. The van der Waals surface area contributed by atoms with Crippen LogP contribution in [0.4, 0.5) is 23.4 Å². The number of amides is 1. The zero-order valence-electron chi connectivity index (χ0n) is 16.6.